The van der Waals surface area contributed by atoms with Gasteiger partial charge < -0.3 is 5.73 Å². The van der Waals surface area contributed by atoms with Gasteiger partial charge in [0.05, 0.1) is 10.5 Å². The van der Waals surface area contributed by atoms with E-state index < -0.39 is 27.7 Å². The number of primary amides is 1. The van der Waals surface area contributed by atoms with Crippen molar-refractivity contribution in [3.63, 3.8) is 0 Å². The number of hydrogen-bond acceptors (Lipinski definition) is 3. The predicted octanol–water partition coefficient (Wildman–Crippen LogP) is 2.77. The van der Waals surface area contributed by atoms with Gasteiger partial charge in [-0.05, 0) is 29.8 Å². The van der Waals surface area contributed by atoms with Crippen LogP contribution in [0.25, 0.3) is 0 Å². The molecule has 140 valence electrons. The van der Waals surface area contributed by atoms with Crippen LogP contribution in [0.15, 0.2) is 59.5 Å². The lowest BCUT2D eigenvalue weighted by Gasteiger charge is -2.22. The van der Waals surface area contributed by atoms with Crippen molar-refractivity contribution >= 4 is 15.9 Å². The Labute approximate surface area is 149 Å². The van der Waals surface area contributed by atoms with E-state index in [9.17, 15) is 26.4 Å². The van der Waals surface area contributed by atoms with Crippen molar-refractivity contribution in [1.29, 1.82) is 0 Å². The maximum Gasteiger partial charge on any atom is 0.416 e. The van der Waals surface area contributed by atoms with Gasteiger partial charge in [-0.2, -0.15) is 17.5 Å². The van der Waals surface area contributed by atoms with Crippen LogP contribution < -0.4 is 5.73 Å². The summed E-state index contributed by atoms with van der Waals surface area (Å²) in [6.45, 7) is -0.203. The van der Waals surface area contributed by atoms with Crippen LogP contribution in [0.3, 0.4) is 0 Å². The molecule has 2 aromatic rings. The van der Waals surface area contributed by atoms with E-state index >= 15 is 0 Å². The van der Waals surface area contributed by atoms with E-state index in [1.54, 1.807) is 30.3 Å². The number of carbonyl (C=O) groups excluding carboxylic acids is 1. The fourth-order valence-electron chi connectivity index (χ4n) is 2.27. The molecule has 2 aromatic carbocycles. The Bertz CT molecular complexity index is 851. The van der Waals surface area contributed by atoms with Gasteiger partial charge in [0, 0.05) is 19.5 Å². The molecule has 2 N–H and O–H groups in total. The topological polar surface area (TPSA) is 80.5 Å². The Hall–Kier alpha value is -2.39. The number of rotatable bonds is 7. The summed E-state index contributed by atoms with van der Waals surface area (Å²) >= 11 is 0. The fraction of sp³-hybridized carbons (Fsp3) is 0.235. The molecule has 0 atom stereocenters. The van der Waals surface area contributed by atoms with Crippen molar-refractivity contribution in [3.05, 3.63) is 65.7 Å². The highest BCUT2D eigenvalue weighted by Gasteiger charge is 2.31. The molecule has 0 aliphatic carbocycles. The molecule has 26 heavy (non-hydrogen) atoms. The number of nitrogens with zero attached hydrogens (tertiary/aromatic N) is 1. The maximum absolute atomic E-state index is 12.8. The molecular weight excluding hydrogens is 369 g/mol. The van der Waals surface area contributed by atoms with E-state index in [2.05, 4.69) is 0 Å². The Morgan fingerprint density at radius 3 is 2.08 bits per heavy atom. The summed E-state index contributed by atoms with van der Waals surface area (Å²) in [6.07, 6.45) is -4.76. The molecule has 2 rings (SSSR count). The van der Waals surface area contributed by atoms with Gasteiger partial charge in [-0.1, -0.05) is 30.3 Å². The Balaban J connectivity index is 2.33. The SMILES string of the molecule is NC(=O)CCN(Cc1ccccc1)S(=O)(=O)c1ccc(C(F)(F)F)cc1. The van der Waals surface area contributed by atoms with Gasteiger partial charge in [0.1, 0.15) is 0 Å². The van der Waals surface area contributed by atoms with E-state index in [1.807, 2.05) is 0 Å². The molecule has 0 aliphatic heterocycles. The number of nitrogens with two attached hydrogens (primary N) is 1. The molecule has 0 saturated carbocycles. The smallest absolute Gasteiger partial charge is 0.370 e. The van der Waals surface area contributed by atoms with Crippen molar-refractivity contribution in [3.8, 4) is 0 Å². The Kier molecular flexibility index (Phi) is 6.04. The summed E-state index contributed by atoms with van der Waals surface area (Å²) in [5, 5.41) is 0. The third-order valence-corrected chi connectivity index (χ3v) is 5.49. The first-order valence-electron chi connectivity index (χ1n) is 7.60. The third-order valence-electron chi connectivity index (χ3n) is 3.63. The molecular formula is C17H17F3N2O3S. The lowest BCUT2D eigenvalue weighted by Crippen LogP contribution is -2.33. The van der Waals surface area contributed by atoms with Gasteiger partial charge in [-0.25, -0.2) is 8.42 Å². The van der Waals surface area contributed by atoms with Gasteiger partial charge in [-0.3, -0.25) is 4.79 Å². The second-order valence-corrected chi connectivity index (χ2v) is 7.50. The number of halogens is 3. The van der Waals surface area contributed by atoms with Crippen LogP contribution in [0.4, 0.5) is 13.2 Å². The largest absolute Gasteiger partial charge is 0.416 e. The number of alkyl halides is 3. The Morgan fingerprint density at radius 2 is 1.58 bits per heavy atom. The van der Waals surface area contributed by atoms with E-state index in [0.717, 1.165) is 16.4 Å². The lowest BCUT2D eigenvalue weighted by molar-refractivity contribution is -0.137. The number of sulfonamides is 1. The quantitative estimate of drug-likeness (QED) is 0.795. The standard InChI is InChI=1S/C17H17F3N2O3S/c18-17(19,20)14-6-8-15(9-7-14)26(24,25)22(11-10-16(21)23)12-13-4-2-1-3-5-13/h1-9H,10-12H2,(H2,21,23). The van der Waals surface area contributed by atoms with Crippen LogP contribution in [0.1, 0.15) is 17.5 Å². The summed E-state index contributed by atoms with van der Waals surface area (Å²) in [6, 6.07) is 11.9. The number of hydrogen-bond donors (Lipinski definition) is 1. The summed E-state index contributed by atoms with van der Waals surface area (Å²) in [5.74, 6) is -0.675. The van der Waals surface area contributed by atoms with Crippen LogP contribution in [-0.2, 0) is 27.5 Å². The van der Waals surface area contributed by atoms with E-state index in [-0.39, 0.29) is 24.4 Å². The van der Waals surface area contributed by atoms with Crippen molar-refractivity contribution in [2.75, 3.05) is 6.54 Å². The van der Waals surface area contributed by atoms with Crippen LogP contribution in [-0.4, -0.2) is 25.2 Å². The average molecular weight is 386 g/mol. The molecule has 1 amide bonds. The maximum atomic E-state index is 12.8. The van der Waals surface area contributed by atoms with Crippen LogP contribution in [0.5, 0.6) is 0 Å². The fourth-order valence-corrected chi connectivity index (χ4v) is 3.70. The first-order chi connectivity index (χ1) is 12.1. The normalized spacial score (nSPS) is 12.3. The zero-order valence-corrected chi connectivity index (χ0v) is 14.4. The van der Waals surface area contributed by atoms with Gasteiger partial charge in [-0.15, -0.1) is 0 Å². The van der Waals surface area contributed by atoms with E-state index in [0.29, 0.717) is 17.7 Å². The van der Waals surface area contributed by atoms with E-state index in [4.69, 9.17) is 5.73 Å². The molecule has 0 heterocycles. The highest BCUT2D eigenvalue weighted by molar-refractivity contribution is 7.89. The molecule has 0 bridgehead atoms. The van der Waals surface area contributed by atoms with Gasteiger partial charge >= 0.3 is 6.18 Å². The molecule has 0 aromatic heterocycles. The molecule has 5 nitrogen and oxygen atoms in total. The zero-order chi connectivity index (χ0) is 19.4. The van der Waals surface area contributed by atoms with Crippen molar-refractivity contribution in [2.24, 2.45) is 5.73 Å². The van der Waals surface area contributed by atoms with Crippen LogP contribution >= 0.6 is 0 Å². The lowest BCUT2D eigenvalue weighted by atomic mass is 10.2. The van der Waals surface area contributed by atoms with Crippen LogP contribution in [0, 0.1) is 0 Å². The van der Waals surface area contributed by atoms with Crippen molar-refractivity contribution < 1.29 is 26.4 Å². The minimum Gasteiger partial charge on any atom is -0.370 e. The highest BCUT2D eigenvalue weighted by atomic mass is 32.2. The second kappa shape index (κ2) is 7.88. The minimum absolute atomic E-state index is 0.0303. The second-order valence-electron chi connectivity index (χ2n) is 5.56. The molecule has 0 fully saturated rings. The monoisotopic (exact) mass is 386 g/mol. The summed E-state index contributed by atoms with van der Waals surface area (Å²) in [4.78, 5) is 10.8. The first kappa shape index (κ1) is 19.9. The van der Waals surface area contributed by atoms with Crippen molar-refractivity contribution in [1.82, 2.24) is 4.31 Å². The molecule has 0 radical (unpaired) electrons. The number of amides is 1. The minimum atomic E-state index is -4.56. The number of carbonyl (C=O) groups is 1. The molecule has 9 heteroatoms. The molecule has 0 saturated heterocycles. The van der Waals surface area contributed by atoms with Gasteiger partial charge in [0.25, 0.3) is 0 Å². The predicted molar refractivity (Wildman–Crippen MR) is 89.3 cm³/mol. The van der Waals surface area contributed by atoms with E-state index in [1.165, 1.54) is 0 Å². The molecule has 0 unspecified atom stereocenters. The molecule has 0 spiro atoms. The Morgan fingerprint density at radius 1 is 1.00 bits per heavy atom. The number of benzene rings is 2. The van der Waals surface area contributed by atoms with Gasteiger partial charge in [0.2, 0.25) is 15.9 Å². The summed E-state index contributed by atoms with van der Waals surface area (Å²) in [5.41, 5.74) is 4.83. The molecule has 0 aliphatic rings. The summed E-state index contributed by atoms with van der Waals surface area (Å²) < 4.78 is 64.6. The average Bonchev–Trinajstić information content (AvgIpc) is 2.58. The van der Waals surface area contributed by atoms with Gasteiger partial charge in [0.15, 0.2) is 0 Å². The summed E-state index contributed by atoms with van der Waals surface area (Å²) in [7, 11) is -4.10. The zero-order valence-electron chi connectivity index (χ0n) is 13.6. The van der Waals surface area contributed by atoms with Crippen molar-refractivity contribution in [2.45, 2.75) is 24.0 Å². The highest BCUT2D eigenvalue weighted by Crippen LogP contribution is 2.30. The first-order valence-corrected chi connectivity index (χ1v) is 9.04. The third kappa shape index (κ3) is 5.06. The van der Waals surface area contributed by atoms with Crippen LogP contribution in [0.2, 0.25) is 0 Å².